The van der Waals surface area contributed by atoms with Crippen molar-refractivity contribution in [2.45, 2.75) is 40.5 Å². The van der Waals surface area contributed by atoms with Gasteiger partial charge in [0.1, 0.15) is 5.75 Å². The molecule has 0 saturated carbocycles. The lowest BCUT2D eigenvalue weighted by Gasteiger charge is -2.29. The third kappa shape index (κ3) is 6.47. The van der Waals surface area contributed by atoms with Crippen molar-refractivity contribution in [1.82, 2.24) is 14.7 Å². The summed E-state index contributed by atoms with van der Waals surface area (Å²) in [5.74, 6) is 1.18. The van der Waals surface area contributed by atoms with Gasteiger partial charge >= 0.3 is 0 Å². The van der Waals surface area contributed by atoms with Crippen LogP contribution in [0.5, 0.6) is 5.75 Å². The number of thioether (sulfide) groups is 2. The lowest BCUT2D eigenvalue weighted by atomic mass is 10.1. The van der Waals surface area contributed by atoms with Crippen LogP contribution in [0.3, 0.4) is 0 Å². The summed E-state index contributed by atoms with van der Waals surface area (Å²) >= 11 is 3.64. The summed E-state index contributed by atoms with van der Waals surface area (Å²) in [4.78, 5) is 23.0. The molecule has 33 heavy (non-hydrogen) atoms. The minimum Gasteiger partial charge on any atom is -0.497 e. The van der Waals surface area contributed by atoms with Crippen LogP contribution in [0.15, 0.2) is 58.3 Å². The van der Waals surface area contributed by atoms with E-state index in [9.17, 15) is 4.79 Å². The first-order valence-electron chi connectivity index (χ1n) is 11.7. The van der Waals surface area contributed by atoms with E-state index in [1.807, 2.05) is 23.9 Å². The standard InChI is InChI=1S/C26H35N3O2S2/c1-27-13-4-14-28(16-15-27)26(30)25-17-24(33-23-11-7-21(31-2)8-12-23)19-29(25)18-20-5-9-22(32-3)10-6-20/h5-12,24-25H,4,13-19H2,1-3H3/t24-,25+/m1/s1. The van der Waals surface area contributed by atoms with Crippen LogP contribution in [0, 0.1) is 0 Å². The first kappa shape index (κ1) is 24.5. The molecule has 2 aliphatic heterocycles. The van der Waals surface area contributed by atoms with Crippen LogP contribution in [0.1, 0.15) is 18.4 Å². The van der Waals surface area contributed by atoms with Gasteiger partial charge in [0.15, 0.2) is 0 Å². The second-order valence-corrected chi connectivity index (χ2v) is 11.2. The first-order valence-corrected chi connectivity index (χ1v) is 13.8. The van der Waals surface area contributed by atoms with Gasteiger partial charge in [0, 0.05) is 47.8 Å². The zero-order chi connectivity index (χ0) is 23.2. The highest BCUT2D eigenvalue weighted by Gasteiger charge is 2.39. The lowest BCUT2D eigenvalue weighted by Crippen LogP contribution is -2.46. The van der Waals surface area contributed by atoms with Crippen molar-refractivity contribution in [2.75, 3.05) is 53.1 Å². The molecule has 2 aromatic rings. The molecule has 0 unspecified atom stereocenters. The topological polar surface area (TPSA) is 36.0 Å². The van der Waals surface area contributed by atoms with Crippen molar-refractivity contribution in [3.63, 3.8) is 0 Å². The monoisotopic (exact) mass is 485 g/mol. The van der Waals surface area contributed by atoms with Crippen LogP contribution < -0.4 is 4.74 Å². The van der Waals surface area contributed by atoms with E-state index in [1.165, 1.54) is 15.4 Å². The molecule has 2 heterocycles. The Morgan fingerprint density at radius 1 is 1.00 bits per heavy atom. The summed E-state index contributed by atoms with van der Waals surface area (Å²) < 4.78 is 5.30. The second-order valence-electron chi connectivity index (χ2n) is 8.93. The van der Waals surface area contributed by atoms with Gasteiger partial charge in [0.2, 0.25) is 5.91 Å². The zero-order valence-electron chi connectivity index (χ0n) is 19.9. The summed E-state index contributed by atoms with van der Waals surface area (Å²) in [7, 11) is 3.84. The van der Waals surface area contributed by atoms with E-state index in [-0.39, 0.29) is 6.04 Å². The number of carbonyl (C=O) groups is 1. The summed E-state index contributed by atoms with van der Waals surface area (Å²) in [6.45, 7) is 5.46. The maximum absolute atomic E-state index is 13.7. The van der Waals surface area contributed by atoms with Crippen LogP contribution in [0.2, 0.25) is 0 Å². The van der Waals surface area contributed by atoms with Crippen molar-refractivity contribution in [3.8, 4) is 5.75 Å². The number of carbonyl (C=O) groups excluding carboxylic acids is 1. The summed E-state index contributed by atoms with van der Waals surface area (Å²) in [6.07, 6.45) is 4.05. The minimum absolute atomic E-state index is 0.0515. The Hall–Kier alpha value is -1.67. The number of hydrogen-bond acceptors (Lipinski definition) is 6. The molecule has 0 radical (unpaired) electrons. The molecule has 2 aromatic carbocycles. The molecule has 0 spiro atoms. The van der Waals surface area contributed by atoms with E-state index in [4.69, 9.17) is 4.74 Å². The van der Waals surface area contributed by atoms with Gasteiger partial charge in [0.25, 0.3) is 0 Å². The van der Waals surface area contributed by atoms with E-state index in [0.717, 1.165) is 57.9 Å². The Bertz CT molecular complexity index is 907. The SMILES string of the molecule is COc1ccc(S[C@@H]2C[C@@H](C(=O)N3CCCN(C)CC3)N(Cc3ccc(SC)cc3)C2)cc1. The fourth-order valence-electron chi connectivity index (χ4n) is 4.67. The molecule has 0 aliphatic carbocycles. The molecular formula is C26H35N3O2S2. The van der Waals surface area contributed by atoms with Crippen molar-refractivity contribution >= 4 is 29.4 Å². The van der Waals surface area contributed by atoms with Crippen molar-refractivity contribution in [2.24, 2.45) is 0 Å². The molecule has 0 bridgehead atoms. The van der Waals surface area contributed by atoms with Crippen LogP contribution in [-0.4, -0.2) is 85.0 Å². The molecule has 4 rings (SSSR count). The maximum Gasteiger partial charge on any atom is 0.240 e. The number of nitrogens with zero attached hydrogens (tertiary/aromatic N) is 3. The van der Waals surface area contributed by atoms with Gasteiger partial charge < -0.3 is 14.5 Å². The third-order valence-corrected chi connectivity index (χ3v) is 8.55. The van der Waals surface area contributed by atoms with Crippen LogP contribution in [0.25, 0.3) is 0 Å². The zero-order valence-corrected chi connectivity index (χ0v) is 21.5. The average Bonchev–Trinajstić information content (AvgIpc) is 3.09. The Morgan fingerprint density at radius 2 is 1.73 bits per heavy atom. The van der Waals surface area contributed by atoms with Gasteiger partial charge in [0.05, 0.1) is 13.2 Å². The van der Waals surface area contributed by atoms with Gasteiger partial charge in [-0.3, -0.25) is 9.69 Å². The van der Waals surface area contributed by atoms with Crippen molar-refractivity contribution in [3.05, 3.63) is 54.1 Å². The normalized spacial score (nSPS) is 22.3. The number of benzene rings is 2. The second kappa shape index (κ2) is 11.6. The summed E-state index contributed by atoms with van der Waals surface area (Å²) in [5.41, 5.74) is 1.27. The van der Waals surface area contributed by atoms with E-state index < -0.39 is 0 Å². The number of likely N-dealkylation sites (tertiary alicyclic amines) is 1. The van der Waals surface area contributed by atoms with E-state index in [1.54, 1.807) is 18.9 Å². The molecule has 2 saturated heterocycles. The smallest absolute Gasteiger partial charge is 0.240 e. The van der Waals surface area contributed by atoms with Crippen LogP contribution in [0.4, 0.5) is 0 Å². The van der Waals surface area contributed by atoms with Gasteiger partial charge in [-0.15, -0.1) is 23.5 Å². The molecule has 2 aliphatic rings. The highest BCUT2D eigenvalue weighted by atomic mass is 32.2. The Balaban J connectivity index is 1.48. The van der Waals surface area contributed by atoms with Crippen molar-refractivity contribution < 1.29 is 9.53 Å². The number of hydrogen-bond donors (Lipinski definition) is 0. The lowest BCUT2D eigenvalue weighted by molar-refractivity contribution is -0.136. The molecule has 1 amide bonds. The van der Waals surface area contributed by atoms with E-state index in [0.29, 0.717) is 11.2 Å². The highest BCUT2D eigenvalue weighted by molar-refractivity contribution is 8.00. The van der Waals surface area contributed by atoms with Crippen LogP contribution >= 0.6 is 23.5 Å². The molecule has 0 aromatic heterocycles. The Labute approximate surface area is 206 Å². The minimum atomic E-state index is -0.0515. The number of rotatable bonds is 7. The Morgan fingerprint density at radius 3 is 2.42 bits per heavy atom. The summed E-state index contributed by atoms with van der Waals surface area (Å²) in [5, 5.41) is 0.396. The maximum atomic E-state index is 13.7. The predicted octanol–water partition coefficient (Wildman–Crippen LogP) is 4.32. The fourth-order valence-corrected chi connectivity index (χ4v) is 6.30. The van der Waals surface area contributed by atoms with Gasteiger partial charge in [-0.05, 0) is 74.7 Å². The van der Waals surface area contributed by atoms with Gasteiger partial charge in [-0.2, -0.15) is 0 Å². The van der Waals surface area contributed by atoms with Gasteiger partial charge in [-0.1, -0.05) is 12.1 Å². The van der Waals surface area contributed by atoms with Crippen LogP contribution in [-0.2, 0) is 11.3 Å². The number of methoxy groups -OCH3 is 1. The molecule has 2 fully saturated rings. The molecule has 7 heteroatoms. The van der Waals surface area contributed by atoms with Gasteiger partial charge in [-0.25, -0.2) is 0 Å². The molecule has 2 atom stereocenters. The first-order chi connectivity index (χ1) is 16.1. The van der Waals surface area contributed by atoms with E-state index >= 15 is 0 Å². The average molecular weight is 486 g/mol. The quantitative estimate of drug-likeness (QED) is 0.544. The van der Waals surface area contributed by atoms with Crippen molar-refractivity contribution in [1.29, 1.82) is 0 Å². The molecule has 5 nitrogen and oxygen atoms in total. The number of amides is 1. The number of ether oxygens (including phenoxy) is 1. The number of likely N-dealkylation sites (N-methyl/N-ethyl adjacent to an activating group) is 1. The molecule has 0 N–H and O–H groups in total. The predicted molar refractivity (Wildman–Crippen MR) is 138 cm³/mol. The highest BCUT2D eigenvalue weighted by Crippen LogP contribution is 2.35. The van der Waals surface area contributed by atoms with E-state index in [2.05, 4.69) is 64.4 Å². The fraction of sp³-hybridized carbons (Fsp3) is 0.500. The molecule has 178 valence electrons. The largest absolute Gasteiger partial charge is 0.497 e. The Kier molecular flexibility index (Phi) is 8.63. The third-order valence-electron chi connectivity index (χ3n) is 6.59. The molecular weight excluding hydrogens is 450 g/mol. The summed E-state index contributed by atoms with van der Waals surface area (Å²) in [6, 6.07) is 17.0.